The van der Waals surface area contributed by atoms with E-state index >= 15 is 0 Å². The number of carbonyl (C=O) groups is 1. The Morgan fingerprint density at radius 3 is 2.07 bits per heavy atom. The highest BCUT2D eigenvalue weighted by Gasteiger charge is 2.40. The lowest BCUT2D eigenvalue weighted by Gasteiger charge is -2.29. The summed E-state index contributed by atoms with van der Waals surface area (Å²) in [7, 11) is -3.46. The molecule has 1 atom stereocenters. The Labute approximate surface area is 177 Å². The molecule has 5 heteroatoms. The second-order valence-electron chi connectivity index (χ2n) is 7.38. The van der Waals surface area contributed by atoms with E-state index in [0.29, 0.717) is 16.8 Å². The fourth-order valence-corrected chi connectivity index (χ4v) is 4.65. The van der Waals surface area contributed by atoms with Crippen LogP contribution in [-0.4, -0.2) is 26.3 Å². The minimum absolute atomic E-state index is 0.331. The van der Waals surface area contributed by atoms with Crippen molar-refractivity contribution in [2.24, 2.45) is 0 Å². The Hall–Kier alpha value is -3.36. The summed E-state index contributed by atoms with van der Waals surface area (Å²) in [5.41, 5.74) is 1.33. The summed E-state index contributed by atoms with van der Waals surface area (Å²) in [6.07, 6.45) is 1.14. The van der Waals surface area contributed by atoms with Crippen LogP contribution in [0.5, 0.6) is 0 Å². The van der Waals surface area contributed by atoms with E-state index in [4.69, 9.17) is 0 Å². The fourth-order valence-electron chi connectivity index (χ4n) is 3.31. The van der Waals surface area contributed by atoms with Gasteiger partial charge in [0.2, 0.25) is 5.91 Å². The molecule has 0 fully saturated rings. The standard InChI is InChI=1S/C25H23NO3S/c1-25(19-30(2,28)29,24(27)26-22-14-7-4-8-15-22)23-16-10-9-13-21(23)18-17-20-11-5-3-6-12-20/h3-16H,19H2,1-2H3,(H,26,27)/t25-/m0/s1. The van der Waals surface area contributed by atoms with Crippen LogP contribution in [0.4, 0.5) is 5.69 Å². The normalized spacial score (nSPS) is 12.9. The van der Waals surface area contributed by atoms with Gasteiger partial charge in [0.15, 0.2) is 0 Å². The summed E-state index contributed by atoms with van der Waals surface area (Å²) in [5.74, 6) is 5.48. The van der Waals surface area contributed by atoms with Crippen LogP contribution < -0.4 is 5.32 Å². The Kier molecular flexibility index (Phi) is 6.39. The number of carbonyl (C=O) groups excluding carboxylic acids is 1. The van der Waals surface area contributed by atoms with Crippen molar-refractivity contribution in [3.05, 3.63) is 102 Å². The summed E-state index contributed by atoms with van der Waals surface area (Å²) < 4.78 is 24.5. The van der Waals surface area contributed by atoms with Crippen LogP contribution in [0.2, 0.25) is 0 Å². The van der Waals surface area contributed by atoms with Gasteiger partial charge in [-0.2, -0.15) is 0 Å². The molecule has 0 aliphatic heterocycles. The fraction of sp³-hybridized carbons (Fsp3) is 0.160. The monoisotopic (exact) mass is 417 g/mol. The van der Waals surface area contributed by atoms with E-state index in [9.17, 15) is 13.2 Å². The van der Waals surface area contributed by atoms with Crippen molar-refractivity contribution >= 4 is 21.4 Å². The first-order chi connectivity index (χ1) is 14.3. The number of anilines is 1. The van der Waals surface area contributed by atoms with Gasteiger partial charge in [0.05, 0.1) is 11.2 Å². The summed E-state index contributed by atoms with van der Waals surface area (Å²) in [4.78, 5) is 13.3. The van der Waals surface area contributed by atoms with Gasteiger partial charge in [0.25, 0.3) is 0 Å². The highest BCUT2D eigenvalue weighted by atomic mass is 32.2. The van der Waals surface area contributed by atoms with Gasteiger partial charge in [-0.05, 0) is 42.8 Å². The maximum absolute atomic E-state index is 13.3. The van der Waals surface area contributed by atoms with E-state index in [1.807, 2.05) is 60.7 Å². The molecule has 0 saturated heterocycles. The number of benzene rings is 3. The van der Waals surface area contributed by atoms with Gasteiger partial charge in [-0.25, -0.2) is 8.42 Å². The van der Waals surface area contributed by atoms with Gasteiger partial charge in [0, 0.05) is 23.1 Å². The maximum atomic E-state index is 13.3. The number of para-hydroxylation sites is 1. The van der Waals surface area contributed by atoms with Crippen molar-refractivity contribution in [3.8, 4) is 11.8 Å². The summed E-state index contributed by atoms with van der Waals surface area (Å²) in [6, 6.07) is 25.7. The van der Waals surface area contributed by atoms with Crippen LogP contribution >= 0.6 is 0 Å². The molecule has 152 valence electrons. The zero-order valence-corrected chi connectivity index (χ0v) is 17.7. The van der Waals surface area contributed by atoms with Gasteiger partial charge >= 0.3 is 0 Å². The summed E-state index contributed by atoms with van der Waals surface area (Å²) in [6.45, 7) is 1.65. The minimum atomic E-state index is -3.46. The number of hydrogen-bond acceptors (Lipinski definition) is 3. The van der Waals surface area contributed by atoms with Crippen LogP contribution in [0, 0.1) is 11.8 Å². The molecule has 1 amide bonds. The molecule has 0 aromatic heterocycles. The molecule has 0 aliphatic rings. The van der Waals surface area contributed by atoms with Crippen LogP contribution in [0.25, 0.3) is 0 Å². The Balaban J connectivity index is 2.06. The average molecular weight is 418 g/mol. The first-order valence-electron chi connectivity index (χ1n) is 9.49. The number of sulfone groups is 1. The number of amides is 1. The Bertz CT molecular complexity index is 1190. The van der Waals surface area contributed by atoms with E-state index in [1.54, 1.807) is 31.2 Å². The Morgan fingerprint density at radius 2 is 1.43 bits per heavy atom. The highest BCUT2D eigenvalue weighted by molar-refractivity contribution is 7.90. The van der Waals surface area contributed by atoms with Crippen LogP contribution in [0.15, 0.2) is 84.9 Å². The van der Waals surface area contributed by atoms with E-state index in [2.05, 4.69) is 17.2 Å². The van der Waals surface area contributed by atoms with E-state index in [0.717, 1.165) is 11.8 Å². The van der Waals surface area contributed by atoms with Crippen molar-refractivity contribution in [2.75, 3.05) is 17.3 Å². The third-order valence-corrected chi connectivity index (χ3v) is 5.82. The summed E-state index contributed by atoms with van der Waals surface area (Å²) in [5, 5.41) is 2.85. The van der Waals surface area contributed by atoms with Crippen LogP contribution in [0.1, 0.15) is 23.6 Å². The molecule has 0 spiro atoms. The predicted octanol–water partition coefficient (Wildman–Crippen LogP) is 4.03. The van der Waals surface area contributed by atoms with Gasteiger partial charge in [-0.15, -0.1) is 0 Å². The van der Waals surface area contributed by atoms with E-state index < -0.39 is 21.2 Å². The maximum Gasteiger partial charge on any atom is 0.235 e. The second-order valence-corrected chi connectivity index (χ2v) is 9.52. The third kappa shape index (κ3) is 5.37. The first-order valence-corrected chi connectivity index (χ1v) is 11.5. The third-order valence-electron chi connectivity index (χ3n) is 4.72. The zero-order valence-electron chi connectivity index (χ0n) is 16.9. The molecule has 4 nitrogen and oxygen atoms in total. The second kappa shape index (κ2) is 8.98. The minimum Gasteiger partial charge on any atom is -0.325 e. The molecule has 3 aromatic rings. The number of rotatable bonds is 5. The van der Waals surface area contributed by atoms with E-state index in [1.165, 1.54) is 0 Å². The van der Waals surface area contributed by atoms with Crippen LogP contribution in [0.3, 0.4) is 0 Å². The van der Waals surface area contributed by atoms with Crippen molar-refractivity contribution < 1.29 is 13.2 Å². The molecule has 0 radical (unpaired) electrons. The van der Waals surface area contributed by atoms with Crippen molar-refractivity contribution in [3.63, 3.8) is 0 Å². The lowest BCUT2D eigenvalue weighted by Crippen LogP contribution is -2.43. The largest absolute Gasteiger partial charge is 0.325 e. The quantitative estimate of drug-likeness (QED) is 0.638. The zero-order chi connectivity index (χ0) is 21.6. The molecule has 0 aliphatic carbocycles. The van der Waals surface area contributed by atoms with Crippen molar-refractivity contribution in [1.82, 2.24) is 0 Å². The summed E-state index contributed by atoms with van der Waals surface area (Å²) >= 11 is 0. The molecule has 0 bridgehead atoms. The topological polar surface area (TPSA) is 63.2 Å². The molecule has 3 aromatic carbocycles. The van der Waals surface area contributed by atoms with Gasteiger partial charge in [-0.1, -0.05) is 66.4 Å². The first kappa shape index (κ1) is 21.4. The molecule has 3 rings (SSSR count). The van der Waals surface area contributed by atoms with Crippen molar-refractivity contribution in [1.29, 1.82) is 0 Å². The molecule has 0 unspecified atom stereocenters. The number of hydrogen-bond donors (Lipinski definition) is 1. The Morgan fingerprint density at radius 1 is 0.867 bits per heavy atom. The SMILES string of the molecule is C[C@@](CS(C)(=O)=O)(C(=O)Nc1ccccc1)c1ccccc1C#Cc1ccccc1. The molecule has 0 heterocycles. The van der Waals surface area contributed by atoms with Gasteiger partial charge in [0.1, 0.15) is 9.84 Å². The highest BCUT2D eigenvalue weighted by Crippen LogP contribution is 2.30. The predicted molar refractivity (Wildman–Crippen MR) is 121 cm³/mol. The van der Waals surface area contributed by atoms with Crippen LogP contribution in [-0.2, 0) is 20.0 Å². The molecular formula is C25H23NO3S. The van der Waals surface area contributed by atoms with Crippen molar-refractivity contribution in [2.45, 2.75) is 12.3 Å². The molecule has 0 saturated carbocycles. The van der Waals surface area contributed by atoms with Gasteiger partial charge in [-0.3, -0.25) is 4.79 Å². The van der Waals surface area contributed by atoms with E-state index in [-0.39, 0.29) is 5.75 Å². The number of nitrogens with one attached hydrogen (secondary N) is 1. The average Bonchev–Trinajstić information content (AvgIpc) is 2.72. The molecular weight excluding hydrogens is 394 g/mol. The molecule has 1 N–H and O–H groups in total. The smallest absolute Gasteiger partial charge is 0.235 e. The molecule has 30 heavy (non-hydrogen) atoms. The lowest BCUT2D eigenvalue weighted by atomic mass is 9.80. The van der Waals surface area contributed by atoms with Gasteiger partial charge < -0.3 is 5.32 Å². The lowest BCUT2D eigenvalue weighted by molar-refractivity contribution is -0.120.